The molecule has 1 saturated carbocycles. The molecule has 0 bridgehead atoms. The van der Waals surface area contributed by atoms with E-state index in [1.807, 2.05) is 0 Å². The van der Waals surface area contributed by atoms with Crippen molar-refractivity contribution in [3.05, 3.63) is 34.4 Å². The third-order valence-electron chi connectivity index (χ3n) is 3.78. The zero-order valence-corrected chi connectivity index (χ0v) is 11.0. The van der Waals surface area contributed by atoms with Gasteiger partial charge in [0.05, 0.1) is 5.41 Å². The number of hydrazine groups is 1. The Morgan fingerprint density at radius 3 is 2.24 bits per heavy atom. The van der Waals surface area contributed by atoms with E-state index in [1.165, 1.54) is 22.3 Å². The van der Waals surface area contributed by atoms with E-state index < -0.39 is 0 Å². The van der Waals surface area contributed by atoms with Crippen LogP contribution in [0.1, 0.15) is 35.1 Å². The maximum atomic E-state index is 12.1. The molecule has 0 atom stereocenters. The van der Waals surface area contributed by atoms with Gasteiger partial charge in [0.2, 0.25) is 5.91 Å². The number of aryl methyl sites for hydroxylation is 3. The highest BCUT2D eigenvalue weighted by atomic mass is 16.2. The molecule has 1 aromatic rings. The molecule has 2 N–H and O–H groups in total. The average Bonchev–Trinajstić information content (AvgIpc) is 3.05. The molecule has 17 heavy (non-hydrogen) atoms. The van der Waals surface area contributed by atoms with Crippen molar-refractivity contribution in [2.24, 2.45) is 0 Å². The molecule has 1 aliphatic carbocycles. The second-order valence-corrected chi connectivity index (χ2v) is 5.04. The fourth-order valence-corrected chi connectivity index (χ4v) is 2.45. The predicted molar refractivity (Wildman–Crippen MR) is 68.8 cm³/mol. The van der Waals surface area contributed by atoms with E-state index in [0.717, 1.165) is 12.8 Å². The number of nitrogens with one attached hydrogen (secondary N) is 2. The molecule has 0 heterocycles. The van der Waals surface area contributed by atoms with Gasteiger partial charge in [0, 0.05) is 7.05 Å². The molecule has 3 heteroatoms. The topological polar surface area (TPSA) is 41.1 Å². The van der Waals surface area contributed by atoms with Crippen LogP contribution in [0.25, 0.3) is 0 Å². The van der Waals surface area contributed by atoms with Crippen LogP contribution in [0.3, 0.4) is 0 Å². The lowest BCUT2D eigenvalue weighted by Crippen LogP contribution is -2.42. The molecule has 0 saturated heterocycles. The quantitative estimate of drug-likeness (QED) is 0.781. The minimum Gasteiger partial charge on any atom is -0.291 e. The number of rotatable bonds is 3. The van der Waals surface area contributed by atoms with Crippen molar-refractivity contribution in [1.29, 1.82) is 0 Å². The molecule has 1 aromatic carbocycles. The number of hydrogen-bond acceptors (Lipinski definition) is 2. The van der Waals surface area contributed by atoms with E-state index >= 15 is 0 Å². The molecule has 2 rings (SSSR count). The molecular formula is C14H20N2O. The van der Waals surface area contributed by atoms with Crippen molar-refractivity contribution in [3.8, 4) is 0 Å². The van der Waals surface area contributed by atoms with Crippen LogP contribution in [0.15, 0.2) is 12.1 Å². The van der Waals surface area contributed by atoms with Gasteiger partial charge in [-0.15, -0.1) is 0 Å². The maximum absolute atomic E-state index is 12.1. The molecular weight excluding hydrogens is 212 g/mol. The molecule has 1 amide bonds. The van der Waals surface area contributed by atoms with Crippen molar-refractivity contribution in [2.75, 3.05) is 7.05 Å². The van der Waals surface area contributed by atoms with Gasteiger partial charge >= 0.3 is 0 Å². The Kier molecular flexibility index (Phi) is 2.96. The first-order valence-corrected chi connectivity index (χ1v) is 6.07. The Hall–Kier alpha value is -1.35. The fourth-order valence-electron chi connectivity index (χ4n) is 2.45. The summed E-state index contributed by atoms with van der Waals surface area (Å²) in [4.78, 5) is 12.1. The molecule has 3 nitrogen and oxygen atoms in total. The number of hydrogen-bond donors (Lipinski definition) is 2. The zero-order chi connectivity index (χ0) is 12.6. The van der Waals surface area contributed by atoms with Crippen LogP contribution in [-0.4, -0.2) is 13.0 Å². The molecule has 0 radical (unpaired) electrons. The van der Waals surface area contributed by atoms with Crippen molar-refractivity contribution in [2.45, 2.75) is 39.0 Å². The van der Waals surface area contributed by atoms with E-state index in [0.29, 0.717) is 0 Å². The normalized spacial score (nSPS) is 16.7. The lowest BCUT2D eigenvalue weighted by atomic mass is 9.88. The number of carbonyl (C=O) groups is 1. The van der Waals surface area contributed by atoms with Gasteiger partial charge < -0.3 is 0 Å². The monoisotopic (exact) mass is 232 g/mol. The van der Waals surface area contributed by atoms with Crippen molar-refractivity contribution < 1.29 is 4.79 Å². The van der Waals surface area contributed by atoms with Gasteiger partial charge in [0.1, 0.15) is 0 Å². The van der Waals surface area contributed by atoms with Crippen LogP contribution >= 0.6 is 0 Å². The first-order chi connectivity index (χ1) is 8.01. The first kappa shape index (κ1) is 12.1. The molecule has 1 fully saturated rings. The summed E-state index contributed by atoms with van der Waals surface area (Å²) in [6, 6.07) is 4.35. The lowest BCUT2D eigenvalue weighted by Gasteiger charge is -2.19. The van der Waals surface area contributed by atoms with E-state index in [4.69, 9.17) is 0 Å². The highest BCUT2D eigenvalue weighted by Gasteiger charge is 2.52. The van der Waals surface area contributed by atoms with Gasteiger partial charge in [-0.1, -0.05) is 12.1 Å². The summed E-state index contributed by atoms with van der Waals surface area (Å²) < 4.78 is 0. The maximum Gasteiger partial charge on any atom is 0.244 e. The first-order valence-electron chi connectivity index (χ1n) is 6.07. The second kappa shape index (κ2) is 4.15. The summed E-state index contributed by atoms with van der Waals surface area (Å²) in [6.45, 7) is 6.30. The van der Waals surface area contributed by atoms with Gasteiger partial charge in [-0.2, -0.15) is 0 Å². The van der Waals surface area contributed by atoms with E-state index in [9.17, 15) is 4.79 Å². The van der Waals surface area contributed by atoms with Crippen LogP contribution in [0, 0.1) is 20.8 Å². The number of amides is 1. The largest absolute Gasteiger partial charge is 0.291 e. The van der Waals surface area contributed by atoms with Crippen LogP contribution in [0.5, 0.6) is 0 Å². The van der Waals surface area contributed by atoms with Crippen LogP contribution in [0.4, 0.5) is 0 Å². The molecule has 0 aromatic heterocycles. The molecule has 0 aliphatic heterocycles. The van der Waals surface area contributed by atoms with Crippen LogP contribution in [0.2, 0.25) is 0 Å². The van der Waals surface area contributed by atoms with E-state index in [-0.39, 0.29) is 11.3 Å². The number of benzene rings is 1. The second-order valence-electron chi connectivity index (χ2n) is 5.04. The van der Waals surface area contributed by atoms with Crippen LogP contribution < -0.4 is 10.9 Å². The smallest absolute Gasteiger partial charge is 0.244 e. The van der Waals surface area contributed by atoms with Crippen molar-refractivity contribution >= 4 is 5.91 Å². The Labute approximate surface area is 103 Å². The Morgan fingerprint density at radius 2 is 1.71 bits per heavy atom. The van der Waals surface area contributed by atoms with Gasteiger partial charge in [0.15, 0.2) is 0 Å². The fraction of sp³-hybridized carbons (Fsp3) is 0.500. The van der Waals surface area contributed by atoms with Crippen molar-refractivity contribution in [3.63, 3.8) is 0 Å². The molecule has 0 spiro atoms. The minimum atomic E-state index is -0.286. The third kappa shape index (κ3) is 1.95. The lowest BCUT2D eigenvalue weighted by molar-refractivity contribution is -0.124. The summed E-state index contributed by atoms with van der Waals surface area (Å²) in [5.41, 5.74) is 10.1. The van der Waals surface area contributed by atoms with Crippen LogP contribution in [-0.2, 0) is 10.2 Å². The summed E-state index contributed by atoms with van der Waals surface area (Å²) in [5.74, 6) is 0.0892. The summed E-state index contributed by atoms with van der Waals surface area (Å²) in [7, 11) is 1.72. The highest BCUT2D eigenvalue weighted by molar-refractivity contribution is 5.91. The summed E-state index contributed by atoms with van der Waals surface area (Å²) in [6.07, 6.45) is 1.90. The van der Waals surface area contributed by atoms with Gasteiger partial charge in [-0.05, 0) is 55.9 Å². The standard InChI is InChI=1S/C14H20N2O/c1-9-7-11(3)12(8-10(9)2)14(5-6-14)13(17)16-15-4/h7-8,15H,5-6H2,1-4H3,(H,16,17). The molecule has 1 aliphatic rings. The average molecular weight is 232 g/mol. The Morgan fingerprint density at radius 1 is 1.12 bits per heavy atom. The zero-order valence-electron chi connectivity index (χ0n) is 11.0. The van der Waals surface area contributed by atoms with Gasteiger partial charge in [-0.3, -0.25) is 10.2 Å². The summed E-state index contributed by atoms with van der Waals surface area (Å²) >= 11 is 0. The third-order valence-corrected chi connectivity index (χ3v) is 3.78. The van der Waals surface area contributed by atoms with Gasteiger partial charge in [-0.25, -0.2) is 5.43 Å². The highest BCUT2D eigenvalue weighted by Crippen LogP contribution is 2.49. The minimum absolute atomic E-state index is 0.0892. The molecule has 92 valence electrons. The summed E-state index contributed by atoms with van der Waals surface area (Å²) in [5, 5.41) is 0. The molecule has 0 unspecified atom stereocenters. The SMILES string of the molecule is CNNC(=O)C1(c2cc(C)c(C)cc2C)CC1. The predicted octanol–water partition coefficient (Wildman–Crippen LogP) is 1.89. The number of carbonyl (C=O) groups excluding carboxylic acids is 1. The Balaban J connectivity index is 2.40. The van der Waals surface area contributed by atoms with Gasteiger partial charge in [0.25, 0.3) is 0 Å². The Bertz CT molecular complexity index is 462. The van der Waals surface area contributed by atoms with E-state index in [2.05, 4.69) is 43.8 Å². The van der Waals surface area contributed by atoms with Crippen molar-refractivity contribution in [1.82, 2.24) is 10.9 Å². The van der Waals surface area contributed by atoms with E-state index in [1.54, 1.807) is 7.05 Å².